The zero-order valence-corrected chi connectivity index (χ0v) is 16.7. The number of carbonyl (C=O) groups is 2. The van der Waals surface area contributed by atoms with Crippen LogP contribution in [0, 0.1) is 0 Å². The van der Waals surface area contributed by atoms with Gasteiger partial charge in [0.1, 0.15) is 0 Å². The highest BCUT2D eigenvalue weighted by atomic mass is 16.6. The molecule has 0 aliphatic carbocycles. The molecule has 1 saturated heterocycles. The van der Waals surface area contributed by atoms with Gasteiger partial charge < -0.3 is 19.4 Å². The molecule has 2 amide bonds. The highest BCUT2D eigenvalue weighted by Gasteiger charge is 2.25. The molecule has 1 aromatic heterocycles. The van der Waals surface area contributed by atoms with Crippen LogP contribution in [0.15, 0.2) is 42.7 Å². The van der Waals surface area contributed by atoms with Crippen molar-refractivity contribution in [1.82, 2.24) is 14.8 Å². The Kier molecular flexibility index (Phi) is 5.64. The van der Waals surface area contributed by atoms with Crippen molar-refractivity contribution < 1.29 is 14.3 Å². The highest BCUT2D eigenvalue weighted by molar-refractivity contribution is 5.95. The lowest BCUT2D eigenvalue weighted by molar-refractivity contribution is 0.0734. The number of ether oxygens (including phenoxy) is 1. The Hall–Kier alpha value is -3.09. The standard InChI is InChI=1S/C22H26N4O3/c1-2-29-22(28)25-11-9-24(10-12-25)20-13-19(14-23-15-20)21(27)26-8-7-17-5-3-4-6-18(17)16-26/h3-6,13-15H,2,7-12,16H2,1H3. The smallest absolute Gasteiger partial charge is 0.409 e. The number of fused-ring (bicyclic) bond motifs is 1. The predicted molar refractivity (Wildman–Crippen MR) is 110 cm³/mol. The fraction of sp³-hybridized carbons (Fsp3) is 0.409. The molecule has 7 heteroatoms. The number of aromatic nitrogens is 1. The second kappa shape index (κ2) is 8.51. The number of anilines is 1. The lowest BCUT2D eigenvalue weighted by atomic mass is 9.99. The monoisotopic (exact) mass is 394 g/mol. The van der Waals surface area contributed by atoms with E-state index in [0.29, 0.717) is 44.9 Å². The van der Waals surface area contributed by atoms with Crippen LogP contribution < -0.4 is 4.90 Å². The van der Waals surface area contributed by atoms with Crippen molar-refractivity contribution in [2.75, 3.05) is 44.2 Å². The zero-order valence-electron chi connectivity index (χ0n) is 16.7. The molecule has 2 aromatic rings. The van der Waals surface area contributed by atoms with Crippen LogP contribution >= 0.6 is 0 Å². The number of hydrogen-bond donors (Lipinski definition) is 0. The molecule has 0 N–H and O–H groups in total. The van der Waals surface area contributed by atoms with E-state index >= 15 is 0 Å². The van der Waals surface area contributed by atoms with E-state index in [1.807, 2.05) is 30.0 Å². The Balaban J connectivity index is 1.42. The molecule has 2 aliphatic rings. The first-order valence-corrected chi connectivity index (χ1v) is 10.1. The van der Waals surface area contributed by atoms with Gasteiger partial charge in [-0.15, -0.1) is 0 Å². The third kappa shape index (κ3) is 4.18. The van der Waals surface area contributed by atoms with E-state index in [-0.39, 0.29) is 12.0 Å². The van der Waals surface area contributed by atoms with E-state index in [1.165, 1.54) is 11.1 Å². The van der Waals surface area contributed by atoms with Gasteiger partial charge in [0.25, 0.3) is 5.91 Å². The number of nitrogens with zero attached hydrogens (tertiary/aromatic N) is 4. The first-order valence-electron chi connectivity index (χ1n) is 10.1. The van der Waals surface area contributed by atoms with Crippen LogP contribution in [-0.2, 0) is 17.7 Å². The van der Waals surface area contributed by atoms with Gasteiger partial charge in [0.2, 0.25) is 0 Å². The summed E-state index contributed by atoms with van der Waals surface area (Å²) in [4.78, 5) is 35.0. The first-order chi connectivity index (χ1) is 14.2. The molecule has 0 spiro atoms. The summed E-state index contributed by atoms with van der Waals surface area (Å²) in [5.74, 6) is 0.0130. The molecule has 4 rings (SSSR count). The molecule has 1 aromatic carbocycles. The fourth-order valence-corrected chi connectivity index (χ4v) is 3.93. The van der Waals surface area contributed by atoms with Crippen LogP contribution in [-0.4, -0.2) is 66.1 Å². The Morgan fingerprint density at radius 2 is 1.76 bits per heavy atom. The average molecular weight is 394 g/mol. The number of pyridine rings is 1. The summed E-state index contributed by atoms with van der Waals surface area (Å²) < 4.78 is 5.07. The Morgan fingerprint density at radius 3 is 2.52 bits per heavy atom. The van der Waals surface area contributed by atoms with Gasteiger partial charge in [0.15, 0.2) is 0 Å². The molecule has 29 heavy (non-hydrogen) atoms. The quantitative estimate of drug-likeness (QED) is 0.801. The number of piperazine rings is 1. The Bertz CT molecular complexity index is 893. The van der Waals surface area contributed by atoms with Crippen LogP contribution in [0.1, 0.15) is 28.4 Å². The number of hydrogen-bond acceptors (Lipinski definition) is 5. The van der Waals surface area contributed by atoms with Crippen LogP contribution in [0.25, 0.3) is 0 Å². The van der Waals surface area contributed by atoms with Gasteiger partial charge in [-0.3, -0.25) is 9.78 Å². The molecule has 0 saturated carbocycles. The number of rotatable bonds is 3. The average Bonchev–Trinajstić information content (AvgIpc) is 2.78. The third-order valence-electron chi connectivity index (χ3n) is 5.56. The van der Waals surface area contributed by atoms with E-state index in [9.17, 15) is 9.59 Å². The van der Waals surface area contributed by atoms with Crippen molar-refractivity contribution in [2.45, 2.75) is 19.9 Å². The van der Waals surface area contributed by atoms with Crippen molar-refractivity contribution in [2.24, 2.45) is 0 Å². The maximum Gasteiger partial charge on any atom is 0.409 e. The summed E-state index contributed by atoms with van der Waals surface area (Å²) in [7, 11) is 0. The first kappa shape index (κ1) is 19.2. The zero-order chi connectivity index (χ0) is 20.2. The Morgan fingerprint density at radius 1 is 1.00 bits per heavy atom. The molecule has 152 valence electrons. The molecule has 1 fully saturated rings. The van der Waals surface area contributed by atoms with E-state index < -0.39 is 0 Å². The molecule has 0 unspecified atom stereocenters. The largest absolute Gasteiger partial charge is 0.450 e. The molecular formula is C22H26N4O3. The van der Waals surface area contributed by atoms with Gasteiger partial charge in [-0.25, -0.2) is 4.79 Å². The topological polar surface area (TPSA) is 66.0 Å². The van der Waals surface area contributed by atoms with Gasteiger partial charge in [-0.1, -0.05) is 24.3 Å². The minimum absolute atomic E-state index is 0.0130. The lowest BCUT2D eigenvalue weighted by Gasteiger charge is -2.35. The summed E-state index contributed by atoms with van der Waals surface area (Å²) in [5, 5.41) is 0. The highest BCUT2D eigenvalue weighted by Crippen LogP contribution is 2.22. The van der Waals surface area contributed by atoms with Gasteiger partial charge >= 0.3 is 6.09 Å². The van der Waals surface area contributed by atoms with E-state index in [1.54, 1.807) is 17.3 Å². The summed E-state index contributed by atoms with van der Waals surface area (Å²) in [6, 6.07) is 10.2. The summed E-state index contributed by atoms with van der Waals surface area (Å²) >= 11 is 0. The fourth-order valence-electron chi connectivity index (χ4n) is 3.93. The number of carbonyl (C=O) groups excluding carboxylic acids is 2. The Labute approximate surface area is 170 Å². The molecular weight excluding hydrogens is 368 g/mol. The molecule has 3 heterocycles. The number of amides is 2. The second-order valence-corrected chi connectivity index (χ2v) is 7.35. The van der Waals surface area contributed by atoms with Crippen molar-refractivity contribution in [3.8, 4) is 0 Å². The predicted octanol–water partition coefficient (Wildman–Crippen LogP) is 2.56. The van der Waals surface area contributed by atoms with Crippen molar-refractivity contribution in [1.29, 1.82) is 0 Å². The lowest BCUT2D eigenvalue weighted by Crippen LogP contribution is -2.49. The van der Waals surface area contributed by atoms with Gasteiger partial charge in [0, 0.05) is 45.5 Å². The normalized spacial score (nSPS) is 16.4. The molecule has 0 atom stereocenters. The molecule has 2 aliphatic heterocycles. The SMILES string of the molecule is CCOC(=O)N1CCN(c2cncc(C(=O)N3CCc4ccccc4C3)c2)CC1. The molecule has 0 radical (unpaired) electrons. The minimum Gasteiger partial charge on any atom is -0.450 e. The van der Waals surface area contributed by atoms with E-state index in [4.69, 9.17) is 4.74 Å². The molecule has 0 bridgehead atoms. The number of benzene rings is 1. The second-order valence-electron chi connectivity index (χ2n) is 7.35. The van der Waals surface area contributed by atoms with Crippen LogP contribution in [0.2, 0.25) is 0 Å². The minimum atomic E-state index is -0.264. The van der Waals surface area contributed by atoms with Gasteiger partial charge in [-0.05, 0) is 30.5 Å². The molecule has 7 nitrogen and oxygen atoms in total. The van der Waals surface area contributed by atoms with Gasteiger partial charge in [0.05, 0.1) is 24.1 Å². The van der Waals surface area contributed by atoms with E-state index in [0.717, 1.165) is 18.7 Å². The third-order valence-corrected chi connectivity index (χ3v) is 5.56. The van der Waals surface area contributed by atoms with Crippen LogP contribution in [0.4, 0.5) is 10.5 Å². The van der Waals surface area contributed by atoms with Crippen molar-refractivity contribution in [3.63, 3.8) is 0 Å². The maximum atomic E-state index is 13.1. The van der Waals surface area contributed by atoms with Crippen molar-refractivity contribution >= 4 is 17.7 Å². The van der Waals surface area contributed by atoms with Crippen molar-refractivity contribution in [3.05, 3.63) is 59.4 Å². The summed E-state index contributed by atoms with van der Waals surface area (Å²) in [6.07, 6.45) is 4.04. The van der Waals surface area contributed by atoms with E-state index in [2.05, 4.69) is 22.0 Å². The summed E-state index contributed by atoms with van der Waals surface area (Å²) in [6.45, 7) is 6.12. The maximum absolute atomic E-state index is 13.1. The van der Waals surface area contributed by atoms with Crippen LogP contribution in [0.5, 0.6) is 0 Å². The van der Waals surface area contributed by atoms with Gasteiger partial charge in [-0.2, -0.15) is 0 Å². The van der Waals surface area contributed by atoms with Crippen LogP contribution in [0.3, 0.4) is 0 Å². The summed E-state index contributed by atoms with van der Waals surface area (Å²) in [5.41, 5.74) is 4.06.